The number of nitrogens with two attached hydrogens (primary N) is 1. The molecule has 1 aromatic heterocycles. The number of halogens is 4. The van der Waals surface area contributed by atoms with E-state index in [1.165, 1.54) is 57.4 Å². The monoisotopic (exact) mass is 603 g/mol. The first-order valence-electron chi connectivity index (χ1n) is 12.0. The average molecular weight is 604 g/mol. The number of carbonyl (C=O) groups excluding carboxylic acids is 2. The summed E-state index contributed by atoms with van der Waals surface area (Å²) in [6.45, 7) is -0.372. The van der Waals surface area contributed by atoms with Crippen molar-refractivity contribution in [3.8, 4) is 5.69 Å². The maximum absolute atomic E-state index is 14.3. The number of hydrogen-bond donors (Lipinski definition) is 2. The molecular weight excluding hydrogens is 583 g/mol. The maximum atomic E-state index is 14.3. The van der Waals surface area contributed by atoms with E-state index >= 15 is 0 Å². The van der Waals surface area contributed by atoms with E-state index in [1.807, 2.05) is 0 Å². The van der Waals surface area contributed by atoms with Crippen molar-refractivity contribution < 1.29 is 28.0 Å². The smallest absolute Gasteiger partial charge is 0.251 e. The van der Waals surface area contributed by atoms with Crippen LogP contribution in [0, 0.1) is 11.6 Å². The van der Waals surface area contributed by atoms with Crippen LogP contribution in [-0.2, 0) is 20.9 Å². The predicted octanol–water partition coefficient (Wildman–Crippen LogP) is 4.10. The van der Waals surface area contributed by atoms with E-state index in [-0.39, 0.29) is 36.3 Å². The highest BCUT2D eigenvalue weighted by Gasteiger charge is 2.33. The Hall–Kier alpha value is -4.14. The standard InChI is InChI=1S/C26H21Cl2F2N7O4/c27-16-3-8-21(35-12-24(28)33-34-35)22(10-16)36-13-41-37(14-40-36)23(9-15-1-4-17(29)5-2-15)26(39)32-18-6-7-19(25(31)38)20(30)11-18/h1-8,10-12,23H,9,13-14H2,(H2,31,38)(H,32,39). The molecule has 15 heteroatoms. The molecule has 2 amide bonds. The van der Waals surface area contributed by atoms with E-state index in [4.69, 9.17) is 38.6 Å². The van der Waals surface area contributed by atoms with Gasteiger partial charge >= 0.3 is 0 Å². The number of nitrogens with one attached hydrogen (secondary N) is 1. The lowest BCUT2D eigenvalue weighted by Gasteiger charge is -2.38. The van der Waals surface area contributed by atoms with Crippen LogP contribution < -0.4 is 16.1 Å². The summed E-state index contributed by atoms with van der Waals surface area (Å²) < 4.78 is 29.3. The number of amides is 2. The second kappa shape index (κ2) is 12.2. The highest BCUT2D eigenvalue weighted by molar-refractivity contribution is 6.31. The molecule has 1 unspecified atom stereocenters. The molecule has 11 nitrogen and oxygen atoms in total. The molecule has 3 aromatic carbocycles. The molecule has 1 fully saturated rings. The SMILES string of the molecule is NC(=O)c1ccc(NC(=O)C(Cc2ccc(F)cc2)N2CON(c3cc(Cl)ccc3-n3cc(Cl)nn3)CO2)cc1F. The molecule has 4 aromatic rings. The second-order valence-electron chi connectivity index (χ2n) is 8.83. The fraction of sp³-hybridized carbons (Fsp3) is 0.154. The van der Waals surface area contributed by atoms with E-state index in [0.717, 1.165) is 6.07 Å². The first-order valence-corrected chi connectivity index (χ1v) is 12.8. The summed E-state index contributed by atoms with van der Waals surface area (Å²) in [5, 5.41) is 13.7. The van der Waals surface area contributed by atoms with Crippen LogP contribution in [0.3, 0.4) is 0 Å². The minimum atomic E-state index is -0.991. The largest absolute Gasteiger partial charge is 0.366 e. The van der Waals surface area contributed by atoms with Gasteiger partial charge in [-0.15, -0.1) is 10.2 Å². The summed E-state index contributed by atoms with van der Waals surface area (Å²) in [6, 6.07) is 13.1. The molecule has 0 bridgehead atoms. The van der Waals surface area contributed by atoms with Gasteiger partial charge in [0.2, 0.25) is 5.91 Å². The third-order valence-corrected chi connectivity index (χ3v) is 6.50. The molecule has 0 saturated carbocycles. The molecule has 41 heavy (non-hydrogen) atoms. The fourth-order valence-electron chi connectivity index (χ4n) is 4.09. The molecule has 1 aliphatic heterocycles. The number of carbonyl (C=O) groups is 2. The fourth-order valence-corrected chi connectivity index (χ4v) is 4.38. The Morgan fingerprint density at radius 3 is 2.41 bits per heavy atom. The van der Waals surface area contributed by atoms with Gasteiger partial charge in [0, 0.05) is 10.7 Å². The Kier molecular flexibility index (Phi) is 8.42. The lowest BCUT2D eigenvalue weighted by Crippen LogP contribution is -2.52. The number of hydrogen-bond acceptors (Lipinski definition) is 8. The molecule has 0 spiro atoms. The van der Waals surface area contributed by atoms with Gasteiger partial charge in [0.1, 0.15) is 17.7 Å². The van der Waals surface area contributed by atoms with Crippen LogP contribution in [0.1, 0.15) is 15.9 Å². The Bertz CT molecular complexity index is 1580. The highest BCUT2D eigenvalue weighted by Crippen LogP contribution is 2.30. The van der Waals surface area contributed by atoms with Gasteiger partial charge in [0.05, 0.1) is 23.1 Å². The molecule has 212 valence electrons. The van der Waals surface area contributed by atoms with Crippen LogP contribution in [-0.4, -0.2) is 51.4 Å². The molecule has 0 radical (unpaired) electrons. The second-order valence-corrected chi connectivity index (χ2v) is 9.65. The quantitative estimate of drug-likeness (QED) is 0.308. The third-order valence-electron chi connectivity index (χ3n) is 6.09. The van der Waals surface area contributed by atoms with Crippen molar-refractivity contribution in [2.75, 3.05) is 23.8 Å². The Morgan fingerprint density at radius 2 is 1.78 bits per heavy atom. The number of benzene rings is 3. The zero-order valence-corrected chi connectivity index (χ0v) is 22.5. The Morgan fingerprint density at radius 1 is 1.00 bits per heavy atom. The summed E-state index contributed by atoms with van der Waals surface area (Å²) in [5.41, 5.74) is 6.61. The molecule has 1 atom stereocenters. The Labute approximate surface area is 241 Å². The number of primary amides is 1. The van der Waals surface area contributed by atoms with Crippen molar-refractivity contribution in [2.24, 2.45) is 5.73 Å². The van der Waals surface area contributed by atoms with Crippen LogP contribution in [0.4, 0.5) is 20.2 Å². The van der Waals surface area contributed by atoms with Gasteiger partial charge in [-0.2, -0.15) is 0 Å². The van der Waals surface area contributed by atoms with Gasteiger partial charge in [-0.3, -0.25) is 19.3 Å². The molecule has 3 N–H and O–H groups in total. The first kappa shape index (κ1) is 28.4. The highest BCUT2D eigenvalue weighted by atomic mass is 35.5. The molecular formula is C26H21Cl2F2N7O4. The number of hydroxylamine groups is 3. The summed E-state index contributed by atoms with van der Waals surface area (Å²) in [6.07, 6.45) is 1.60. The van der Waals surface area contributed by atoms with Crippen molar-refractivity contribution >= 4 is 46.4 Å². The van der Waals surface area contributed by atoms with Crippen molar-refractivity contribution in [3.05, 3.63) is 99.8 Å². The van der Waals surface area contributed by atoms with Gasteiger partial charge in [-0.25, -0.2) is 18.5 Å². The number of nitrogens with zero attached hydrogens (tertiary/aromatic N) is 5. The van der Waals surface area contributed by atoms with Crippen molar-refractivity contribution in [2.45, 2.75) is 12.5 Å². The normalized spacial score (nSPS) is 14.6. The Balaban J connectivity index is 1.36. The van der Waals surface area contributed by atoms with E-state index in [2.05, 4.69) is 15.6 Å². The van der Waals surface area contributed by atoms with Crippen LogP contribution in [0.2, 0.25) is 10.2 Å². The zero-order valence-electron chi connectivity index (χ0n) is 21.0. The van der Waals surface area contributed by atoms with Gasteiger partial charge in [-0.05, 0) is 60.5 Å². The van der Waals surface area contributed by atoms with Crippen LogP contribution in [0.25, 0.3) is 5.69 Å². The zero-order chi connectivity index (χ0) is 29.1. The van der Waals surface area contributed by atoms with Gasteiger partial charge in [0.15, 0.2) is 18.6 Å². The van der Waals surface area contributed by atoms with E-state index in [9.17, 15) is 18.4 Å². The topological polar surface area (TPSA) is 128 Å². The molecule has 2 heterocycles. The minimum Gasteiger partial charge on any atom is -0.366 e. The molecule has 5 rings (SSSR count). The number of aromatic nitrogens is 3. The van der Waals surface area contributed by atoms with E-state index in [0.29, 0.717) is 22.0 Å². The first-order chi connectivity index (χ1) is 19.7. The van der Waals surface area contributed by atoms with Crippen LogP contribution in [0.5, 0.6) is 0 Å². The van der Waals surface area contributed by atoms with Crippen LogP contribution in [0.15, 0.2) is 66.9 Å². The van der Waals surface area contributed by atoms with Gasteiger partial charge < -0.3 is 11.1 Å². The van der Waals surface area contributed by atoms with Crippen molar-refractivity contribution in [1.82, 2.24) is 20.1 Å². The van der Waals surface area contributed by atoms with Crippen molar-refractivity contribution in [1.29, 1.82) is 0 Å². The van der Waals surface area contributed by atoms with Crippen LogP contribution >= 0.6 is 23.2 Å². The molecule has 1 aliphatic rings. The summed E-state index contributed by atoms with van der Waals surface area (Å²) >= 11 is 12.2. The molecule has 0 aliphatic carbocycles. The summed E-state index contributed by atoms with van der Waals surface area (Å²) in [4.78, 5) is 36.6. The summed E-state index contributed by atoms with van der Waals surface area (Å²) in [7, 11) is 0. The van der Waals surface area contributed by atoms with Crippen molar-refractivity contribution in [3.63, 3.8) is 0 Å². The average Bonchev–Trinajstić information content (AvgIpc) is 3.38. The van der Waals surface area contributed by atoms with Gasteiger partial charge in [0.25, 0.3) is 5.91 Å². The van der Waals surface area contributed by atoms with Gasteiger partial charge in [-0.1, -0.05) is 40.5 Å². The summed E-state index contributed by atoms with van der Waals surface area (Å²) in [5.74, 6) is -2.82. The predicted molar refractivity (Wildman–Crippen MR) is 145 cm³/mol. The maximum Gasteiger partial charge on any atom is 0.251 e. The molecule has 1 saturated heterocycles. The van der Waals surface area contributed by atoms with E-state index in [1.54, 1.807) is 18.2 Å². The lowest BCUT2D eigenvalue weighted by atomic mass is 10.0. The minimum absolute atomic E-state index is 0.0937. The van der Waals surface area contributed by atoms with E-state index < -0.39 is 29.5 Å². The number of rotatable bonds is 8. The third kappa shape index (κ3) is 6.61. The lowest BCUT2D eigenvalue weighted by molar-refractivity contribution is -0.279. The number of anilines is 2.